The van der Waals surface area contributed by atoms with Gasteiger partial charge in [0.1, 0.15) is 17.8 Å². The Morgan fingerprint density at radius 1 is 1.29 bits per heavy atom. The number of aliphatic hydroxyl groups is 1. The van der Waals surface area contributed by atoms with Crippen LogP contribution >= 0.6 is 0 Å². The van der Waals surface area contributed by atoms with Gasteiger partial charge in [0.2, 0.25) is 0 Å². The summed E-state index contributed by atoms with van der Waals surface area (Å²) in [6.07, 6.45) is -2.34. The minimum Gasteiger partial charge on any atom is -0.495 e. The lowest BCUT2D eigenvalue weighted by Crippen LogP contribution is -2.45. The Kier molecular flexibility index (Phi) is 10.2. The van der Waals surface area contributed by atoms with E-state index >= 15 is 0 Å². The number of benzene rings is 1. The molecule has 210 valence electrons. The van der Waals surface area contributed by atoms with Gasteiger partial charge in [-0.25, -0.2) is 4.99 Å². The van der Waals surface area contributed by atoms with E-state index in [1.165, 1.54) is 20.2 Å². The Bertz CT molecular complexity index is 1050. The summed E-state index contributed by atoms with van der Waals surface area (Å²) in [7, 11) is 2.99. The van der Waals surface area contributed by atoms with E-state index in [9.17, 15) is 23.1 Å². The van der Waals surface area contributed by atoms with Gasteiger partial charge in [-0.3, -0.25) is 10.1 Å². The maximum absolute atomic E-state index is 13.5. The van der Waals surface area contributed by atoms with Gasteiger partial charge < -0.3 is 30.7 Å². The van der Waals surface area contributed by atoms with E-state index in [2.05, 4.69) is 39.8 Å². The number of amides is 1. The predicted molar refractivity (Wildman–Crippen MR) is 141 cm³/mol. The zero-order chi connectivity index (χ0) is 27.9. The average molecular weight is 539 g/mol. The summed E-state index contributed by atoms with van der Waals surface area (Å²) in [5, 5.41) is 21.4. The molecule has 1 aromatic carbocycles. The number of aliphatic hydroxyl groups excluding tert-OH is 1. The maximum atomic E-state index is 13.5. The summed E-state index contributed by atoms with van der Waals surface area (Å²) < 4.78 is 46.1. The molecule has 0 spiro atoms. The summed E-state index contributed by atoms with van der Waals surface area (Å²) in [6, 6.07) is 5.43. The second-order valence-corrected chi connectivity index (χ2v) is 9.16. The van der Waals surface area contributed by atoms with Crippen LogP contribution < -0.4 is 26.0 Å². The molecule has 0 bridgehead atoms. The summed E-state index contributed by atoms with van der Waals surface area (Å²) in [5.41, 5.74) is 0.237. The molecule has 12 heteroatoms. The number of hydrogen-bond acceptors (Lipinski definition) is 8. The molecule has 9 nitrogen and oxygen atoms in total. The molecule has 1 fully saturated rings. The molecule has 1 aromatic rings. The van der Waals surface area contributed by atoms with Crippen molar-refractivity contribution in [3.8, 4) is 5.75 Å². The number of piperidine rings is 1. The number of dihydropyridines is 1. The SMILES string of the molecule is C=C(C1C(NCCO)=CC(Nc2ccc(C(=O)N3CCC(NCC)CC3)cc2OC)=NC1NC)C(F)(F)F. The molecular formula is C26H37F3N6O3. The zero-order valence-corrected chi connectivity index (χ0v) is 22.0. The number of likely N-dealkylation sites (tertiary alicyclic amines) is 1. The van der Waals surface area contributed by atoms with Crippen LogP contribution in [0.2, 0.25) is 0 Å². The molecule has 2 unspecified atom stereocenters. The van der Waals surface area contributed by atoms with Gasteiger partial charge in [0.25, 0.3) is 5.91 Å². The first kappa shape index (κ1) is 29.5. The first-order valence-corrected chi connectivity index (χ1v) is 12.7. The first-order valence-electron chi connectivity index (χ1n) is 12.7. The van der Waals surface area contributed by atoms with Crippen molar-refractivity contribution in [2.24, 2.45) is 10.9 Å². The molecule has 0 aliphatic carbocycles. The number of anilines is 1. The normalized spacial score (nSPS) is 20.4. The fourth-order valence-corrected chi connectivity index (χ4v) is 4.71. The summed E-state index contributed by atoms with van der Waals surface area (Å²) >= 11 is 0. The van der Waals surface area contributed by atoms with E-state index in [4.69, 9.17) is 4.74 Å². The lowest BCUT2D eigenvalue weighted by atomic mass is 9.90. The molecular weight excluding hydrogens is 501 g/mol. The quantitative estimate of drug-likeness (QED) is 0.291. The zero-order valence-electron chi connectivity index (χ0n) is 22.0. The van der Waals surface area contributed by atoms with E-state index in [-0.39, 0.29) is 30.6 Å². The number of ether oxygens (including phenoxy) is 1. The Hall–Kier alpha value is -3.09. The summed E-state index contributed by atoms with van der Waals surface area (Å²) in [4.78, 5) is 19.3. The van der Waals surface area contributed by atoms with Crippen LogP contribution in [0.25, 0.3) is 0 Å². The first-order chi connectivity index (χ1) is 18.1. The number of nitrogens with zero attached hydrogens (tertiary/aromatic N) is 2. The maximum Gasteiger partial charge on any atom is 0.412 e. The van der Waals surface area contributed by atoms with Crippen molar-refractivity contribution in [1.82, 2.24) is 20.9 Å². The molecule has 1 saturated heterocycles. The van der Waals surface area contributed by atoms with Gasteiger partial charge in [-0.15, -0.1) is 0 Å². The highest BCUT2D eigenvalue weighted by atomic mass is 19.4. The highest BCUT2D eigenvalue weighted by Crippen LogP contribution is 2.37. The molecule has 2 aliphatic heterocycles. The number of methoxy groups -OCH3 is 1. The third kappa shape index (κ3) is 7.06. The lowest BCUT2D eigenvalue weighted by Gasteiger charge is -2.33. The molecule has 0 radical (unpaired) electrons. The predicted octanol–water partition coefficient (Wildman–Crippen LogP) is 2.48. The number of amidine groups is 1. The van der Waals surface area contributed by atoms with Crippen LogP contribution in [0, 0.1) is 5.92 Å². The molecule has 5 N–H and O–H groups in total. The third-order valence-electron chi connectivity index (χ3n) is 6.68. The molecule has 0 saturated carbocycles. The van der Waals surface area contributed by atoms with Gasteiger partial charge in [0, 0.05) is 48.6 Å². The van der Waals surface area contributed by atoms with Crippen molar-refractivity contribution < 1.29 is 27.8 Å². The minimum absolute atomic E-state index is 0.0586. The number of aliphatic imine (C=N–C) groups is 1. The van der Waals surface area contributed by atoms with E-state index in [0.717, 1.165) is 19.4 Å². The Labute approximate surface area is 221 Å². The van der Waals surface area contributed by atoms with Gasteiger partial charge in [0.15, 0.2) is 0 Å². The van der Waals surface area contributed by atoms with Gasteiger partial charge >= 0.3 is 6.18 Å². The van der Waals surface area contributed by atoms with Gasteiger partial charge in [-0.2, -0.15) is 13.2 Å². The fourth-order valence-electron chi connectivity index (χ4n) is 4.71. The van der Waals surface area contributed by atoms with Crippen LogP contribution in [0.1, 0.15) is 30.1 Å². The van der Waals surface area contributed by atoms with Crippen molar-refractivity contribution in [2.45, 2.75) is 38.1 Å². The van der Waals surface area contributed by atoms with Crippen LogP contribution in [0.15, 0.2) is 47.1 Å². The number of halogens is 3. The van der Waals surface area contributed by atoms with Gasteiger partial charge in [-0.05, 0) is 44.6 Å². The molecule has 3 rings (SSSR count). The molecule has 2 atom stereocenters. The lowest BCUT2D eigenvalue weighted by molar-refractivity contribution is -0.0986. The fraction of sp³-hybridized carbons (Fsp3) is 0.538. The molecule has 38 heavy (non-hydrogen) atoms. The minimum atomic E-state index is -4.62. The van der Waals surface area contributed by atoms with Crippen molar-refractivity contribution in [3.63, 3.8) is 0 Å². The van der Waals surface area contributed by atoms with Gasteiger partial charge in [0.05, 0.1) is 25.3 Å². The van der Waals surface area contributed by atoms with Crippen molar-refractivity contribution in [2.75, 3.05) is 52.3 Å². The number of hydrogen-bond donors (Lipinski definition) is 5. The molecule has 1 amide bonds. The van der Waals surface area contributed by atoms with Crippen molar-refractivity contribution in [3.05, 3.63) is 47.7 Å². The highest BCUT2D eigenvalue weighted by molar-refractivity contribution is 6.06. The largest absolute Gasteiger partial charge is 0.495 e. The topological polar surface area (TPSA) is 110 Å². The van der Waals surface area contributed by atoms with E-state index in [1.807, 2.05) is 4.90 Å². The number of nitrogens with one attached hydrogen (secondary N) is 4. The summed E-state index contributed by atoms with van der Waals surface area (Å²) in [6.45, 7) is 7.36. The van der Waals surface area contributed by atoms with E-state index < -0.39 is 23.8 Å². The number of alkyl halides is 3. The summed E-state index contributed by atoms with van der Waals surface area (Å²) in [5.74, 6) is -0.615. The Balaban J connectivity index is 1.81. The van der Waals surface area contributed by atoms with Crippen LogP contribution in [0.3, 0.4) is 0 Å². The van der Waals surface area contributed by atoms with Crippen molar-refractivity contribution >= 4 is 17.4 Å². The monoisotopic (exact) mass is 538 g/mol. The molecule has 2 aliphatic rings. The Morgan fingerprint density at radius 2 is 2.00 bits per heavy atom. The van der Waals surface area contributed by atoms with Crippen molar-refractivity contribution in [1.29, 1.82) is 0 Å². The van der Waals surface area contributed by atoms with Crippen LogP contribution in [0.5, 0.6) is 5.75 Å². The number of carbonyl (C=O) groups excluding carboxylic acids is 1. The van der Waals surface area contributed by atoms with E-state index in [0.29, 0.717) is 36.1 Å². The number of rotatable bonds is 10. The number of carbonyl (C=O) groups is 1. The average Bonchev–Trinajstić information content (AvgIpc) is 2.91. The third-order valence-corrected chi connectivity index (χ3v) is 6.68. The van der Waals surface area contributed by atoms with Crippen LogP contribution in [0.4, 0.5) is 18.9 Å². The van der Waals surface area contributed by atoms with Crippen LogP contribution in [-0.4, -0.2) is 87.1 Å². The van der Waals surface area contributed by atoms with E-state index in [1.54, 1.807) is 18.2 Å². The molecule has 0 aromatic heterocycles. The second-order valence-electron chi connectivity index (χ2n) is 9.16. The standard InChI is InChI=1S/C26H37F3N6O3/c1-5-31-18-8-11-35(12-9-18)25(37)17-6-7-19(21(14-17)38-4)33-22-15-20(32-10-13-36)23(24(30-3)34-22)16(2)26(27,28)29/h6-7,14-15,18,23-24,30-32,36H,2,5,8-13H2,1,3-4H3,(H,33,34). The van der Waals surface area contributed by atoms with Crippen LogP contribution in [-0.2, 0) is 0 Å². The molecule has 2 heterocycles. The second kappa shape index (κ2) is 13.1. The smallest absolute Gasteiger partial charge is 0.412 e. The Morgan fingerprint density at radius 3 is 2.58 bits per heavy atom. The van der Waals surface area contributed by atoms with Gasteiger partial charge in [-0.1, -0.05) is 13.5 Å². The highest BCUT2D eigenvalue weighted by Gasteiger charge is 2.43.